The van der Waals surface area contributed by atoms with Gasteiger partial charge in [0.2, 0.25) is 5.75 Å². The van der Waals surface area contributed by atoms with Crippen molar-refractivity contribution >= 4 is 0 Å². The minimum atomic E-state index is 0.0970. The molecule has 7 nitrogen and oxygen atoms in total. The van der Waals surface area contributed by atoms with E-state index in [1.54, 1.807) is 12.1 Å². The van der Waals surface area contributed by atoms with E-state index in [0.717, 1.165) is 0 Å². The summed E-state index contributed by atoms with van der Waals surface area (Å²) >= 11 is 0. The van der Waals surface area contributed by atoms with Gasteiger partial charge < -0.3 is 29.1 Å². The summed E-state index contributed by atoms with van der Waals surface area (Å²) in [5.74, 6) is 1.89. The molecule has 0 aliphatic rings. The van der Waals surface area contributed by atoms with Gasteiger partial charge in [0.05, 0.1) is 27.0 Å². The molecule has 1 aromatic carbocycles. The molecule has 0 fully saturated rings. The molecule has 0 atom stereocenters. The molecule has 0 unspecified atom stereocenters. The van der Waals surface area contributed by atoms with Crippen molar-refractivity contribution < 1.29 is 23.4 Å². The highest BCUT2D eigenvalue weighted by Gasteiger charge is 2.15. The molecule has 2 N–H and O–H groups in total. The van der Waals surface area contributed by atoms with Crippen LogP contribution in [0.4, 0.5) is 0 Å². The molecule has 108 valence electrons. The number of ether oxygens (including phenoxy) is 4. The van der Waals surface area contributed by atoms with Gasteiger partial charge in [-0.15, -0.1) is 0 Å². The predicted molar refractivity (Wildman–Crippen MR) is 70.6 cm³/mol. The quantitative estimate of drug-likeness (QED) is 0.864. The van der Waals surface area contributed by atoms with Gasteiger partial charge in [-0.25, -0.2) is 0 Å². The second kappa shape index (κ2) is 6.16. The van der Waals surface area contributed by atoms with E-state index in [0.29, 0.717) is 28.7 Å². The lowest BCUT2D eigenvalue weighted by Gasteiger charge is -2.13. The van der Waals surface area contributed by atoms with Crippen molar-refractivity contribution in [1.29, 1.82) is 0 Å². The number of methoxy groups -OCH3 is 3. The van der Waals surface area contributed by atoms with Gasteiger partial charge in [-0.1, -0.05) is 0 Å². The van der Waals surface area contributed by atoms with Crippen molar-refractivity contribution in [3.63, 3.8) is 0 Å². The first-order valence-electron chi connectivity index (χ1n) is 5.84. The molecule has 0 saturated heterocycles. The van der Waals surface area contributed by atoms with Gasteiger partial charge in [-0.05, 0) is 0 Å². The monoisotopic (exact) mass is 280 g/mol. The summed E-state index contributed by atoms with van der Waals surface area (Å²) in [6, 6.07) is 3.29. The first-order chi connectivity index (χ1) is 9.71. The van der Waals surface area contributed by atoms with Crippen molar-refractivity contribution in [2.75, 3.05) is 21.3 Å². The van der Waals surface area contributed by atoms with Crippen molar-refractivity contribution in [3.05, 3.63) is 24.1 Å². The summed E-state index contributed by atoms with van der Waals surface area (Å²) in [5.41, 5.74) is 6.06. The van der Waals surface area contributed by atoms with Crippen LogP contribution in [0.1, 0.15) is 5.69 Å². The molecular formula is C13H16N2O5. The van der Waals surface area contributed by atoms with Gasteiger partial charge in [-0.2, -0.15) is 4.98 Å². The average molecular weight is 280 g/mol. The molecule has 0 spiro atoms. The predicted octanol–water partition coefficient (Wildman–Crippen LogP) is 1.95. The summed E-state index contributed by atoms with van der Waals surface area (Å²) in [6.07, 6.45) is 1.53. The number of hydrogen-bond acceptors (Lipinski definition) is 7. The van der Waals surface area contributed by atoms with Gasteiger partial charge in [0.1, 0.15) is 12.0 Å². The number of rotatable bonds is 6. The Morgan fingerprint density at radius 3 is 2.20 bits per heavy atom. The van der Waals surface area contributed by atoms with E-state index in [9.17, 15) is 0 Å². The number of oxazole rings is 1. The molecule has 2 rings (SSSR count). The lowest BCUT2D eigenvalue weighted by molar-refractivity contribution is 0.308. The van der Waals surface area contributed by atoms with Gasteiger partial charge in [0.25, 0.3) is 0 Å². The van der Waals surface area contributed by atoms with E-state index in [2.05, 4.69) is 4.98 Å². The Morgan fingerprint density at radius 1 is 1.10 bits per heavy atom. The highest BCUT2D eigenvalue weighted by Crippen LogP contribution is 2.41. The van der Waals surface area contributed by atoms with E-state index in [1.165, 1.54) is 27.6 Å². The molecule has 1 heterocycles. The molecule has 20 heavy (non-hydrogen) atoms. The van der Waals surface area contributed by atoms with Crippen LogP contribution in [0.3, 0.4) is 0 Å². The van der Waals surface area contributed by atoms with Crippen LogP contribution < -0.4 is 24.7 Å². The molecule has 7 heteroatoms. The Kier molecular flexibility index (Phi) is 4.31. The second-order valence-corrected chi connectivity index (χ2v) is 3.77. The largest absolute Gasteiger partial charge is 0.493 e. The molecular weight excluding hydrogens is 264 g/mol. The molecule has 0 aliphatic heterocycles. The van der Waals surface area contributed by atoms with Gasteiger partial charge in [0, 0.05) is 18.7 Å². The minimum Gasteiger partial charge on any atom is -0.493 e. The average Bonchev–Trinajstić information content (AvgIpc) is 2.93. The SMILES string of the molecule is COc1cc(Oc2nc(CN)co2)cc(OC)c1OC. The topological polar surface area (TPSA) is 89.0 Å². The van der Waals surface area contributed by atoms with Crippen LogP contribution in [0.25, 0.3) is 0 Å². The van der Waals surface area contributed by atoms with Crippen LogP contribution >= 0.6 is 0 Å². The second-order valence-electron chi connectivity index (χ2n) is 3.77. The van der Waals surface area contributed by atoms with E-state index in [1.807, 2.05) is 0 Å². The van der Waals surface area contributed by atoms with Crippen molar-refractivity contribution in [3.8, 4) is 29.1 Å². The van der Waals surface area contributed by atoms with E-state index < -0.39 is 0 Å². The van der Waals surface area contributed by atoms with Crippen LogP contribution in [0.2, 0.25) is 0 Å². The van der Waals surface area contributed by atoms with Crippen LogP contribution in [0.5, 0.6) is 29.1 Å². The molecule has 0 radical (unpaired) electrons. The maximum Gasteiger partial charge on any atom is 0.399 e. The Bertz CT molecular complexity index is 557. The van der Waals surface area contributed by atoms with Crippen LogP contribution in [0.15, 0.2) is 22.8 Å². The lowest BCUT2D eigenvalue weighted by atomic mass is 10.2. The molecule has 0 bridgehead atoms. The summed E-state index contributed by atoms with van der Waals surface area (Å²) < 4.78 is 26.3. The van der Waals surface area contributed by atoms with Crippen LogP contribution in [-0.2, 0) is 6.54 Å². The van der Waals surface area contributed by atoms with Crippen LogP contribution in [-0.4, -0.2) is 26.3 Å². The summed E-state index contributed by atoms with van der Waals surface area (Å²) in [5, 5.41) is 0. The maximum absolute atomic E-state index is 5.50. The molecule has 0 aliphatic carbocycles. The normalized spacial score (nSPS) is 10.2. The standard InChI is InChI=1S/C13H16N2O5/c1-16-10-4-9(5-11(17-2)12(10)18-3)20-13-15-8(6-14)7-19-13/h4-5,7H,6,14H2,1-3H3. The third-order valence-electron chi connectivity index (χ3n) is 2.58. The zero-order valence-corrected chi connectivity index (χ0v) is 11.5. The summed E-state index contributed by atoms with van der Waals surface area (Å²) in [6.45, 7) is 0.280. The van der Waals surface area contributed by atoms with Crippen molar-refractivity contribution in [2.45, 2.75) is 6.54 Å². The Hall–Kier alpha value is -2.41. The smallest absolute Gasteiger partial charge is 0.399 e. The third-order valence-corrected chi connectivity index (χ3v) is 2.58. The van der Waals surface area contributed by atoms with E-state index in [4.69, 9.17) is 29.1 Å². The first kappa shape index (κ1) is 14.0. The first-order valence-corrected chi connectivity index (χ1v) is 5.84. The van der Waals surface area contributed by atoms with Crippen molar-refractivity contribution in [1.82, 2.24) is 4.98 Å². The highest BCUT2D eigenvalue weighted by molar-refractivity contribution is 5.56. The van der Waals surface area contributed by atoms with Gasteiger partial charge in [0.15, 0.2) is 11.5 Å². The Balaban J connectivity index is 2.31. The van der Waals surface area contributed by atoms with Crippen LogP contribution in [0, 0.1) is 0 Å². The summed E-state index contributed by atoms with van der Waals surface area (Å²) in [4.78, 5) is 4.05. The number of benzene rings is 1. The Labute approximate surface area is 116 Å². The number of nitrogens with zero attached hydrogens (tertiary/aromatic N) is 1. The fraction of sp³-hybridized carbons (Fsp3) is 0.308. The number of nitrogens with two attached hydrogens (primary N) is 1. The van der Waals surface area contributed by atoms with Gasteiger partial charge in [-0.3, -0.25) is 0 Å². The summed E-state index contributed by atoms with van der Waals surface area (Å²) in [7, 11) is 4.58. The zero-order valence-electron chi connectivity index (χ0n) is 11.5. The van der Waals surface area contributed by atoms with Crippen molar-refractivity contribution in [2.24, 2.45) is 5.73 Å². The fourth-order valence-electron chi connectivity index (χ4n) is 1.65. The lowest BCUT2D eigenvalue weighted by Crippen LogP contribution is -1.97. The molecule has 2 aromatic rings. The maximum atomic E-state index is 5.50. The number of aromatic nitrogens is 1. The number of hydrogen-bond donors (Lipinski definition) is 1. The van der Waals surface area contributed by atoms with Gasteiger partial charge >= 0.3 is 6.08 Å². The third kappa shape index (κ3) is 2.77. The molecule has 0 saturated carbocycles. The zero-order chi connectivity index (χ0) is 14.5. The highest BCUT2D eigenvalue weighted by atomic mass is 16.6. The fourth-order valence-corrected chi connectivity index (χ4v) is 1.65. The van der Waals surface area contributed by atoms with E-state index >= 15 is 0 Å². The molecule has 0 amide bonds. The minimum absolute atomic E-state index is 0.0970. The van der Waals surface area contributed by atoms with E-state index in [-0.39, 0.29) is 12.6 Å². The Morgan fingerprint density at radius 2 is 1.75 bits per heavy atom. The molecule has 1 aromatic heterocycles.